The summed E-state index contributed by atoms with van der Waals surface area (Å²) in [5.41, 5.74) is 2.20. The average Bonchev–Trinajstić information content (AvgIpc) is 2.60. The number of para-hydroxylation sites is 2. The van der Waals surface area contributed by atoms with Crippen molar-refractivity contribution in [2.75, 3.05) is 19.0 Å². The van der Waals surface area contributed by atoms with Crippen molar-refractivity contribution in [2.24, 2.45) is 0 Å². The molecule has 124 valence electrons. The summed E-state index contributed by atoms with van der Waals surface area (Å²) in [6, 6.07) is 15.2. The van der Waals surface area contributed by atoms with E-state index in [4.69, 9.17) is 9.47 Å². The van der Waals surface area contributed by atoms with Crippen molar-refractivity contribution in [1.82, 2.24) is 4.98 Å². The summed E-state index contributed by atoms with van der Waals surface area (Å²) in [7, 11) is 1.62. The number of aromatic nitrogens is 1. The average molecular weight is 324 g/mol. The van der Waals surface area contributed by atoms with E-state index in [0.29, 0.717) is 18.7 Å². The van der Waals surface area contributed by atoms with Gasteiger partial charge in [0.2, 0.25) is 0 Å². The van der Waals surface area contributed by atoms with Crippen LogP contribution in [0.25, 0.3) is 10.9 Å². The maximum Gasteiger partial charge on any atom is 0.253 e. The van der Waals surface area contributed by atoms with Crippen molar-refractivity contribution >= 4 is 16.6 Å². The number of fused-ring (bicyclic) bond motifs is 1. The van der Waals surface area contributed by atoms with Crippen molar-refractivity contribution in [2.45, 2.75) is 13.5 Å². The van der Waals surface area contributed by atoms with Crippen LogP contribution < -0.4 is 20.3 Å². The first kappa shape index (κ1) is 15.9. The monoisotopic (exact) mass is 324 g/mol. The molecule has 2 aromatic carbocycles. The fourth-order valence-electron chi connectivity index (χ4n) is 2.60. The molecule has 0 atom stereocenters. The van der Waals surface area contributed by atoms with E-state index in [1.54, 1.807) is 7.11 Å². The van der Waals surface area contributed by atoms with Crippen molar-refractivity contribution in [3.8, 4) is 11.5 Å². The summed E-state index contributed by atoms with van der Waals surface area (Å²) in [6.07, 6.45) is 0. The zero-order valence-electron chi connectivity index (χ0n) is 13.8. The van der Waals surface area contributed by atoms with E-state index in [-0.39, 0.29) is 5.56 Å². The highest BCUT2D eigenvalue weighted by Gasteiger charge is 2.06. The summed E-state index contributed by atoms with van der Waals surface area (Å²) < 4.78 is 10.8. The first-order valence-electron chi connectivity index (χ1n) is 7.87. The van der Waals surface area contributed by atoms with E-state index in [1.807, 2.05) is 55.5 Å². The van der Waals surface area contributed by atoms with Gasteiger partial charge in [-0.3, -0.25) is 4.79 Å². The number of ether oxygens (including phenoxy) is 2. The molecule has 0 amide bonds. The van der Waals surface area contributed by atoms with Crippen LogP contribution >= 0.6 is 0 Å². The summed E-state index contributed by atoms with van der Waals surface area (Å²) in [5.74, 6) is 1.54. The van der Waals surface area contributed by atoms with Gasteiger partial charge < -0.3 is 19.8 Å². The number of aromatic amines is 1. The number of H-pyrrole nitrogens is 1. The molecule has 0 unspecified atom stereocenters. The van der Waals surface area contributed by atoms with E-state index in [2.05, 4.69) is 10.3 Å². The molecular formula is C19H20N2O3. The molecule has 5 heteroatoms. The molecule has 1 aromatic heterocycles. The third-order valence-corrected chi connectivity index (χ3v) is 3.78. The predicted molar refractivity (Wildman–Crippen MR) is 96.1 cm³/mol. The van der Waals surface area contributed by atoms with Gasteiger partial charge >= 0.3 is 0 Å². The lowest BCUT2D eigenvalue weighted by atomic mass is 10.1. The molecule has 0 fully saturated rings. The van der Waals surface area contributed by atoms with Gasteiger partial charge in [-0.2, -0.15) is 0 Å². The number of rotatable bonds is 6. The zero-order chi connectivity index (χ0) is 16.9. The third kappa shape index (κ3) is 3.35. The number of methoxy groups -OCH3 is 1. The van der Waals surface area contributed by atoms with E-state index in [0.717, 1.165) is 28.1 Å². The smallest absolute Gasteiger partial charge is 0.253 e. The molecule has 0 aliphatic carbocycles. The van der Waals surface area contributed by atoms with Gasteiger partial charge in [0.1, 0.15) is 11.5 Å². The number of hydrogen-bond acceptors (Lipinski definition) is 4. The van der Waals surface area contributed by atoms with Gasteiger partial charge in [-0.25, -0.2) is 0 Å². The summed E-state index contributed by atoms with van der Waals surface area (Å²) in [4.78, 5) is 15.2. The number of hydrogen-bond donors (Lipinski definition) is 2. The van der Waals surface area contributed by atoms with E-state index >= 15 is 0 Å². The second-order valence-electron chi connectivity index (χ2n) is 5.36. The molecule has 0 saturated carbocycles. The molecule has 5 nitrogen and oxygen atoms in total. The second kappa shape index (κ2) is 7.08. The van der Waals surface area contributed by atoms with Gasteiger partial charge in [-0.1, -0.05) is 12.1 Å². The van der Waals surface area contributed by atoms with Gasteiger partial charge in [-0.05, 0) is 43.3 Å². The van der Waals surface area contributed by atoms with Crippen molar-refractivity contribution in [3.63, 3.8) is 0 Å². The maximum atomic E-state index is 12.3. The Kier molecular flexibility index (Phi) is 4.70. The van der Waals surface area contributed by atoms with Gasteiger partial charge in [0, 0.05) is 23.0 Å². The number of benzene rings is 2. The van der Waals surface area contributed by atoms with E-state index in [9.17, 15) is 4.79 Å². The molecule has 0 radical (unpaired) electrons. The lowest BCUT2D eigenvalue weighted by Gasteiger charge is -2.11. The van der Waals surface area contributed by atoms with Crippen molar-refractivity contribution < 1.29 is 9.47 Å². The van der Waals surface area contributed by atoms with Crippen LogP contribution in [0.3, 0.4) is 0 Å². The fraction of sp³-hybridized carbons (Fsp3) is 0.211. The summed E-state index contributed by atoms with van der Waals surface area (Å²) in [6.45, 7) is 2.96. The Labute approximate surface area is 140 Å². The molecule has 0 bridgehead atoms. The molecular weight excluding hydrogens is 304 g/mol. The minimum Gasteiger partial charge on any atom is -0.495 e. The van der Waals surface area contributed by atoms with Crippen molar-refractivity contribution in [1.29, 1.82) is 0 Å². The number of anilines is 1. The second-order valence-corrected chi connectivity index (χ2v) is 5.36. The predicted octanol–water partition coefficient (Wildman–Crippen LogP) is 3.55. The molecule has 0 aliphatic heterocycles. The molecule has 3 aromatic rings. The minimum absolute atomic E-state index is 0.103. The van der Waals surface area contributed by atoms with Gasteiger partial charge in [0.15, 0.2) is 0 Å². The Balaban J connectivity index is 1.88. The van der Waals surface area contributed by atoms with Crippen molar-refractivity contribution in [3.05, 3.63) is 64.4 Å². The largest absolute Gasteiger partial charge is 0.495 e. The highest BCUT2D eigenvalue weighted by Crippen LogP contribution is 2.24. The molecule has 1 heterocycles. The maximum absolute atomic E-state index is 12.3. The fourth-order valence-corrected chi connectivity index (χ4v) is 2.60. The van der Waals surface area contributed by atoms with E-state index in [1.165, 1.54) is 0 Å². The van der Waals surface area contributed by atoms with Crippen LogP contribution in [0.1, 0.15) is 12.5 Å². The van der Waals surface area contributed by atoms with Crippen LogP contribution in [-0.4, -0.2) is 18.7 Å². The van der Waals surface area contributed by atoms with Gasteiger partial charge in [0.05, 0.1) is 19.4 Å². The first-order chi connectivity index (χ1) is 11.7. The molecule has 0 saturated heterocycles. The van der Waals surface area contributed by atoms with Crippen LogP contribution in [0, 0.1) is 0 Å². The third-order valence-electron chi connectivity index (χ3n) is 3.78. The Bertz CT molecular complexity index is 902. The Morgan fingerprint density at radius 1 is 1.12 bits per heavy atom. The van der Waals surface area contributed by atoms with Crippen LogP contribution in [0.15, 0.2) is 53.3 Å². The number of nitrogens with one attached hydrogen (secondary N) is 2. The Hall–Kier alpha value is -2.95. The topological polar surface area (TPSA) is 63.4 Å². The Morgan fingerprint density at radius 3 is 2.75 bits per heavy atom. The van der Waals surface area contributed by atoms with Gasteiger partial charge in [-0.15, -0.1) is 0 Å². The molecule has 2 N–H and O–H groups in total. The van der Waals surface area contributed by atoms with E-state index < -0.39 is 0 Å². The quantitative estimate of drug-likeness (QED) is 0.728. The minimum atomic E-state index is -0.103. The highest BCUT2D eigenvalue weighted by molar-refractivity contribution is 5.80. The zero-order valence-corrected chi connectivity index (χ0v) is 13.8. The molecule has 0 spiro atoms. The highest BCUT2D eigenvalue weighted by atomic mass is 16.5. The molecule has 0 aliphatic rings. The lowest BCUT2D eigenvalue weighted by molar-refractivity contribution is 0.340. The molecule has 24 heavy (non-hydrogen) atoms. The number of pyridine rings is 1. The lowest BCUT2D eigenvalue weighted by Crippen LogP contribution is -2.15. The first-order valence-corrected chi connectivity index (χ1v) is 7.87. The van der Waals surface area contributed by atoms with Gasteiger partial charge in [0.25, 0.3) is 5.56 Å². The standard InChI is InChI=1S/C19H20N2O3/c1-3-24-15-8-9-16-13(11-15)10-14(19(22)21-16)12-20-17-6-4-5-7-18(17)23-2/h4-11,20H,3,12H2,1-2H3,(H,21,22). The van der Waals surface area contributed by atoms with Crippen LogP contribution in [-0.2, 0) is 6.54 Å². The summed E-state index contributed by atoms with van der Waals surface area (Å²) in [5, 5.41) is 4.19. The Morgan fingerprint density at radius 2 is 1.96 bits per heavy atom. The molecule has 3 rings (SSSR count). The van der Waals surface area contributed by atoms with Crippen LogP contribution in [0.5, 0.6) is 11.5 Å². The van der Waals surface area contributed by atoms with Crippen LogP contribution in [0.4, 0.5) is 5.69 Å². The van der Waals surface area contributed by atoms with Crippen LogP contribution in [0.2, 0.25) is 0 Å². The SMILES string of the molecule is CCOc1ccc2[nH]c(=O)c(CNc3ccccc3OC)cc2c1. The normalized spacial score (nSPS) is 10.6. The summed E-state index contributed by atoms with van der Waals surface area (Å²) >= 11 is 0.